The summed E-state index contributed by atoms with van der Waals surface area (Å²) in [7, 11) is 1.95. The lowest BCUT2D eigenvalue weighted by atomic mass is 9.93. The lowest BCUT2D eigenvalue weighted by Gasteiger charge is -2.44. The van der Waals surface area contributed by atoms with Gasteiger partial charge in [0.05, 0.1) is 18.7 Å². The SMILES string of the molecule is CCC[C@@H]1C[C@@H](C(=O)N[C@H](CN(CCO)c2ccc(-c3cccnc3)cc2)[C@H]2OC(SC)[C@H](O)C(O)C2O)N(C)C1. The summed E-state index contributed by atoms with van der Waals surface area (Å²) in [6, 6.07) is 10.6. The molecule has 2 aliphatic heterocycles. The van der Waals surface area contributed by atoms with Gasteiger partial charge in [-0.05, 0) is 61.4 Å². The molecule has 1 aromatic carbocycles. The Bertz CT molecular complexity index is 1090. The molecule has 0 saturated carbocycles. The van der Waals surface area contributed by atoms with Gasteiger partial charge in [-0.15, -0.1) is 11.8 Å². The first-order valence-electron chi connectivity index (χ1n) is 14.4. The number of ether oxygens (including phenoxy) is 1. The molecule has 41 heavy (non-hydrogen) atoms. The van der Waals surface area contributed by atoms with E-state index in [-0.39, 0.29) is 31.6 Å². The fourth-order valence-corrected chi connectivity index (χ4v) is 6.70. The van der Waals surface area contributed by atoms with Crippen LogP contribution in [0.2, 0.25) is 0 Å². The molecule has 2 saturated heterocycles. The van der Waals surface area contributed by atoms with Crippen molar-refractivity contribution in [2.45, 2.75) is 68.1 Å². The number of rotatable bonds is 12. The molecule has 2 fully saturated rings. The van der Waals surface area contributed by atoms with Crippen LogP contribution in [0.4, 0.5) is 5.69 Å². The largest absolute Gasteiger partial charge is 0.395 e. The van der Waals surface area contributed by atoms with E-state index in [2.05, 4.69) is 22.1 Å². The minimum atomic E-state index is -1.43. The number of aromatic nitrogens is 1. The van der Waals surface area contributed by atoms with Crippen LogP contribution in [-0.4, -0.2) is 118 Å². The number of thioether (sulfide) groups is 1. The van der Waals surface area contributed by atoms with Crippen molar-refractivity contribution in [3.05, 3.63) is 48.8 Å². The summed E-state index contributed by atoms with van der Waals surface area (Å²) < 4.78 is 6.11. The van der Waals surface area contributed by atoms with Crippen molar-refractivity contribution >= 4 is 23.4 Å². The van der Waals surface area contributed by atoms with E-state index in [9.17, 15) is 25.2 Å². The second-order valence-electron chi connectivity index (χ2n) is 11.1. The number of nitrogens with one attached hydrogen (secondary N) is 1. The molecule has 10 nitrogen and oxygen atoms in total. The predicted molar refractivity (Wildman–Crippen MR) is 161 cm³/mol. The minimum absolute atomic E-state index is 0.127. The molecule has 0 bridgehead atoms. The highest BCUT2D eigenvalue weighted by Gasteiger charge is 2.47. The highest BCUT2D eigenvalue weighted by atomic mass is 32.2. The molecule has 1 amide bonds. The zero-order valence-corrected chi connectivity index (χ0v) is 24.9. The number of hydrogen-bond donors (Lipinski definition) is 5. The molecule has 8 atom stereocenters. The predicted octanol–water partition coefficient (Wildman–Crippen LogP) is 1.32. The zero-order chi connectivity index (χ0) is 29.5. The van der Waals surface area contributed by atoms with Crippen molar-refractivity contribution in [1.29, 1.82) is 0 Å². The van der Waals surface area contributed by atoms with Crippen LogP contribution in [0.1, 0.15) is 26.2 Å². The minimum Gasteiger partial charge on any atom is -0.395 e. The quantitative estimate of drug-likeness (QED) is 0.247. The number of hydrogen-bond acceptors (Lipinski definition) is 10. The second-order valence-corrected chi connectivity index (χ2v) is 12.0. The summed E-state index contributed by atoms with van der Waals surface area (Å²) in [5.74, 6) is 0.280. The van der Waals surface area contributed by atoms with E-state index in [0.717, 1.165) is 42.6 Å². The van der Waals surface area contributed by atoms with Crippen LogP contribution in [0.25, 0.3) is 11.1 Å². The number of amides is 1. The van der Waals surface area contributed by atoms with Crippen molar-refractivity contribution in [3.8, 4) is 11.1 Å². The van der Waals surface area contributed by atoms with E-state index in [1.54, 1.807) is 18.6 Å². The summed E-state index contributed by atoms with van der Waals surface area (Å²) in [4.78, 5) is 21.8. The Morgan fingerprint density at radius 1 is 1.17 bits per heavy atom. The van der Waals surface area contributed by atoms with Crippen LogP contribution >= 0.6 is 11.8 Å². The number of benzene rings is 1. The summed E-state index contributed by atoms with van der Waals surface area (Å²) >= 11 is 1.23. The van der Waals surface area contributed by atoms with E-state index in [1.165, 1.54) is 11.8 Å². The molecule has 5 N–H and O–H groups in total. The van der Waals surface area contributed by atoms with E-state index >= 15 is 0 Å². The Labute approximate surface area is 246 Å². The zero-order valence-electron chi connectivity index (χ0n) is 24.0. The summed E-state index contributed by atoms with van der Waals surface area (Å²) in [5, 5.41) is 45.2. The molecule has 3 heterocycles. The highest BCUT2D eigenvalue weighted by molar-refractivity contribution is 7.99. The monoisotopic (exact) mass is 588 g/mol. The molecule has 2 aliphatic rings. The van der Waals surface area contributed by atoms with Gasteiger partial charge >= 0.3 is 0 Å². The van der Waals surface area contributed by atoms with Gasteiger partial charge in [0, 0.05) is 37.7 Å². The van der Waals surface area contributed by atoms with Crippen LogP contribution in [0.5, 0.6) is 0 Å². The third-order valence-electron chi connectivity index (χ3n) is 8.21. The molecule has 11 heteroatoms. The molecule has 3 unspecified atom stereocenters. The van der Waals surface area contributed by atoms with Crippen LogP contribution in [0.15, 0.2) is 48.8 Å². The maximum atomic E-state index is 13.7. The first kappa shape index (κ1) is 31.7. The lowest BCUT2D eigenvalue weighted by Crippen LogP contribution is -2.65. The molecule has 226 valence electrons. The number of nitrogens with zero attached hydrogens (tertiary/aromatic N) is 3. The van der Waals surface area contributed by atoms with Gasteiger partial charge in [-0.3, -0.25) is 14.7 Å². The van der Waals surface area contributed by atoms with Gasteiger partial charge in [0.25, 0.3) is 0 Å². The number of aliphatic hydroxyl groups excluding tert-OH is 4. The molecular weight excluding hydrogens is 544 g/mol. The molecule has 1 aromatic heterocycles. The summed E-state index contributed by atoms with van der Waals surface area (Å²) in [6.45, 7) is 3.35. The van der Waals surface area contributed by atoms with Gasteiger partial charge in [-0.2, -0.15) is 0 Å². The van der Waals surface area contributed by atoms with Gasteiger partial charge in [0.2, 0.25) is 5.91 Å². The Balaban J connectivity index is 1.59. The second kappa shape index (κ2) is 14.8. The molecule has 0 aliphatic carbocycles. The van der Waals surface area contributed by atoms with E-state index in [4.69, 9.17) is 4.74 Å². The number of carbonyl (C=O) groups is 1. The third-order valence-corrected chi connectivity index (χ3v) is 9.07. The Morgan fingerprint density at radius 3 is 2.56 bits per heavy atom. The fourth-order valence-electron chi connectivity index (χ4n) is 6.02. The van der Waals surface area contributed by atoms with Crippen LogP contribution < -0.4 is 10.2 Å². The normalized spacial score (nSPS) is 29.3. The topological polar surface area (TPSA) is 139 Å². The van der Waals surface area contributed by atoms with E-state index < -0.39 is 35.9 Å². The number of aliphatic hydroxyl groups is 4. The van der Waals surface area contributed by atoms with Crippen LogP contribution in [0.3, 0.4) is 0 Å². The number of anilines is 1. The van der Waals surface area contributed by atoms with E-state index in [0.29, 0.717) is 5.92 Å². The smallest absolute Gasteiger partial charge is 0.237 e. The first-order valence-corrected chi connectivity index (χ1v) is 15.7. The third kappa shape index (κ3) is 7.59. The lowest BCUT2D eigenvalue weighted by molar-refractivity contribution is -0.204. The Morgan fingerprint density at radius 2 is 1.93 bits per heavy atom. The summed E-state index contributed by atoms with van der Waals surface area (Å²) in [5.41, 5.74) is 2.02. The molecular formula is C30H44N4O6S. The fraction of sp³-hybridized carbons (Fsp3) is 0.600. The highest BCUT2D eigenvalue weighted by Crippen LogP contribution is 2.31. The van der Waals surface area contributed by atoms with Crippen molar-refractivity contribution in [2.24, 2.45) is 5.92 Å². The Hall–Kier alpha value is -2.25. The van der Waals surface area contributed by atoms with Gasteiger partial charge in [-0.25, -0.2) is 0 Å². The van der Waals surface area contributed by atoms with Gasteiger partial charge in [-0.1, -0.05) is 31.5 Å². The molecule has 4 rings (SSSR count). The molecule has 2 aromatic rings. The first-order chi connectivity index (χ1) is 19.8. The maximum absolute atomic E-state index is 13.7. The van der Waals surface area contributed by atoms with Crippen LogP contribution in [0, 0.1) is 5.92 Å². The average molecular weight is 589 g/mol. The molecule has 0 spiro atoms. The van der Waals surface area contributed by atoms with Crippen molar-refractivity contribution in [3.63, 3.8) is 0 Å². The van der Waals surface area contributed by atoms with Crippen molar-refractivity contribution in [1.82, 2.24) is 15.2 Å². The Kier molecular flexibility index (Phi) is 11.4. The number of pyridine rings is 1. The van der Waals surface area contributed by atoms with Gasteiger partial charge in [0.1, 0.15) is 29.9 Å². The molecule has 0 radical (unpaired) electrons. The summed E-state index contributed by atoms with van der Waals surface area (Å²) in [6.07, 6.45) is 3.04. The number of likely N-dealkylation sites (tertiary alicyclic amines) is 1. The van der Waals surface area contributed by atoms with Crippen molar-refractivity contribution in [2.75, 3.05) is 44.4 Å². The van der Waals surface area contributed by atoms with Gasteiger partial charge < -0.3 is 35.4 Å². The van der Waals surface area contributed by atoms with E-state index in [1.807, 2.05) is 48.3 Å². The standard InChI is InChI=1S/C30H44N4O6S/c1-4-6-19-15-24(33(2)17-19)29(39)32-23(28-26(37)25(36)27(38)30(40-28)41-3)18-34(13-14-35)22-10-8-20(9-11-22)21-7-5-12-31-16-21/h5,7-12,16,19,23-28,30,35-38H,4,6,13-15,17-18H2,1-3H3,(H,32,39)/t19-,23-,24+,25?,26?,27-,28-,30?/m1/s1. The number of carbonyl (C=O) groups excluding carboxylic acids is 1. The number of likely N-dealkylation sites (N-methyl/N-ethyl adjacent to an activating group) is 1. The maximum Gasteiger partial charge on any atom is 0.237 e. The van der Waals surface area contributed by atoms with Gasteiger partial charge in [0.15, 0.2) is 0 Å². The van der Waals surface area contributed by atoms with Crippen molar-refractivity contribution < 1.29 is 30.0 Å². The van der Waals surface area contributed by atoms with Crippen LogP contribution in [-0.2, 0) is 9.53 Å². The average Bonchev–Trinajstić information content (AvgIpc) is 3.36.